The fourth-order valence-corrected chi connectivity index (χ4v) is 4.31. The number of aryl methyl sites for hydroxylation is 2. The molecule has 2 heterocycles. The van der Waals surface area contributed by atoms with Crippen molar-refractivity contribution in [3.05, 3.63) is 22.0 Å². The van der Waals surface area contributed by atoms with Crippen LogP contribution >= 0.6 is 11.3 Å². The van der Waals surface area contributed by atoms with Gasteiger partial charge in [-0.2, -0.15) is 0 Å². The van der Waals surface area contributed by atoms with Crippen LogP contribution in [0.5, 0.6) is 0 Å². The summed E-state index contributed by atoms with van der Waals surface area (Å²) in [6.45, 7) is 10.2. The second-order valence-electron chi connectivity index (χ2n) is 7.22. The van der Waals surface area contributed by atoms with Crippen LogP contribution in [0.1, 0.15) is 66.3 Å². The minimum Gasteiger partial charge on any atom is -0.352 e. The summed E-state index contributed by atoms with van der Waals surface area (Å²) >= 11 is 1.42. The molecule has 0 saturated heterocycles. The molecule has 1 saturated carbocycles. The van der Waals surface area contributed by atoms with Crippen molar-refractivity contribution in [2.45, 2.75) is 59.4 Å². The highest BCUT2D eigenvalue weighted by atomic mass is 32.1. The predicted octanol–water partition coefficient (Wildman–Crippen LogP) is 3.17. The lowest BCUT2D eigenvalue weighted by Gasteiger charge is -2.20. The molecule has 0 atom stereocenters. The minimum atomic E-state index is -0.138. The van der Waals surface area contributed by atoms with Gasteiger partial charge in [0.1, 0.15) is 10.7 Å². The summed E-state index contributed by atoms with van der Waals surface area (Å²) in [6, 6.07) is 0.0566. The summed E-state index contributed by atoms with van der Waals surface area (Å²) in [7, 11) is 0. The molecule has 3 rings (SSSR count). The van der Waals surface area contributed by atoms with E-state index in [1.54, 1.807) is 4.90 Å². The molecule has 0 spiro atoms. The Bertz CT molecular complexity index is 855. The van der Waals surface area contributed by atoms with E-state index >= 15 is 0 Å². The molecule has 2 aromatic heterocycles. The standard InChI is InChI=1S/C19H26N4O2S/c1-6-23(9-14(24)20-10(2)3)19(25)16-11(4)15-12(5)21-17(13-7-8-13)22-18(15)26-16/h10,13H,6-9H2,1-5H3,(H,20,24). The zero-order valence-corrected chi connectivity index (χ0v) is 16.9. The molecule has 2 aromatic rings. The summed E-state index contributed by atoms with van der Waals surface area (Å²) in [4.78, 5) is 37.6. The highest BCUT2D eigenvalue weighted by molar-refractivity contribution is 7.20. The molecule has 26 heavy (non-hydrogen) atoms. The topological polar surface area (TPSA) is 75.2 Å². The fourth-order valence-electron chi connectivity index (χ4n) is 3.10. The van der Waals surface area contributed by atoms with E-state index in [2.05, 4.69) is 10.3 Å². The Morgan fingerprint density at radius 3 is 2.54 bits per heavy atom. The van der Waals surface area contributed by atoms with Crippen LogP contribution in [0.15, 0.2) is 0 Å². The van der Waals surface area contributed by atoms with Gasteiger partial charge in [0.15, 0.2) is 0 Å². The Labute approximate surface area is 158 Å². The summed E-state index contributed by atoms with van der Waals surface area (Å²) in [5.74, 6) is 1.13. The molecule has 0 radical (unpaired) electrons. The molecule has 2 amide bonds. The fraction of sp³-hybridized carbons (Fsp3) is 0.579. The largest absolute Gasteiger partial charge is 0.352 e. The zero-order valence-electron chi connectivity index (χ0n) is 16.0. The number of carbonyl (C=O) groups is 2. The lowest BCUT2D eigenvalue weighted by Crippen LogP contribution is -2.42. The van der Waals surface area contributed by atoms with Crippen LogP contribution in [-0.2, 0) is 4.79 Å². The summed E-state index contributed by atoms with van der Waals surface area (Å²) in [5, 5.41) is 3.82. The third kappa shape index (κ3) is 3.72. The van der Waals surface area contributed by atoms with Crippen molar-refractivity contribution >= 4 is 33.4 Å². The van der Waals surface area contributed by atoms with E-state index in [4.69, 9.17) is 4.98 Å². The van der Waals surface area contributed by atoms with Gasteiger partial charge in [-0.15, -0.1) is 11.3 Å². The summed E-state index contributed by atoms with van der Waals surface area (Å²) in [5.41, 5.74) is 1.85. The molecule has 0 unspecified atom stereocenters. The normalized spacial score (nSPS) is 14.1. The van der Waals surface area contributed by atoms with Gasteiger partial charge in [0.2, 0.25) is 5.91 Å². The molecule has 6 nitrogen and oxygen atoms in total. The molecule has 140 valence electrons. The molecular weight excluding hydrogens is 348 g/mol. The van der Waals surface area contributed by atoms with E-state index in [0.29, 0.717) is 17.3 Å². The van der Waals surface area contributed by atoms with E-state index in [9.17, 15) is 9.59 Å². The molecule has 1 aliphatic carbocycles. The number of hydrogen-bond acceptors (Lipinski definition) is 5. The van der Waals surface area contributed by atoms with E-state index in [-0.39, 0.29) is 24.4 Å². The molecule has 7 heteroatoms. The highest BCUT2D eigenvalue weighted by Crippen LogP contribution is 2.40. The van der Waals surface area contributed by atoms with Crippen molar-refractivity contribution in [1.29, 1.82) is 0 Å². The number of carbonyl (C=O) groups excluding carboxylic acids is 2. The lowest BCUT2D eigenvalue weighted by molar-refractivity contribution is -0.122. The van der Waals surface area contributed by atoms with Gasteiger partial charge in [0.25, 0.3) is 5.91 Å². The summed E-state index contributed by atoms with van der Waals surface area (Å²) < 4.78 is 0. The zero-order chi connectivity index (χ0) is 19.0. The third-order valence-corrected chi connectivity index (χ3v) is 5.75. The number of aromatic nitrogens is 2. The maximum Gasteiger partial charge on any atom is 0.264 e. The number of fused-ring (bicyclic) bond motifs is 1. The molecule has 1 N–H and O–H groups in total. The number of hydrogen-bond donors (Lipinski definition) is 1. The average molecular weight is 375 g/mol. The Hall–Kier alpha value is -2.02. The van der Waals surface area contributed by atoms with Crippen molar-refractivity contribution < 1.29 is 9.59 Å². The van der Waals surface area contributed by atoms with Crippen LogP contribution in [-0.4, -0.2) is 45.8 Å². The van der Waals surface area contributed by atoms with Gasteiger partial charge in [-0.3, -0.25) is 9.59 Å². The van der Waals surface area contributed by atoms with Gasteiger partial charge in [-0.25, -0.2) is 9.97 Å². The van der Waals surface area contributed by atoms with Crippen LogP contribution in [0.25, 0.3) is 10.2 Å². The molecule has 0 bridgehead atoms. The smallest absolute Gasteiger partial charge is 0.264 e. The Morgan fingerprint density at radius 1 is 1.27 bits per heavy atom. The average Bonchev–Trinajstić information content (AvgIpc) is 3.35. The molecular formula is C19H26N4O2S. The molecule has 1 aliphatic rings. The van der Waals surface area contributed by atoms with Crippen LogP contribution in [0.2, 0.25) is 0 Å². The first kappa shape index (κ1) is 18.8. The number of nitrogens with zero attached hydrogens (tertiary/aromatic N) is 3. The van der Waals surface area contributed by atoms with Crippen LogP contribution in [0.3, 0.4) is 0 Å². The lowest BCUT2D eigenvalue weighted by atomic mass is 10.1. The molecule has 0 aliphatic heterocycles. The van der Waals surface area contributed by atoms with Gasteiger partial charge in [0, 0.05) is 23.9 Å². The Balaban J connectivity index is 1.90. The van der Waals surface area contributed by atoms with Crippen molar-refractivity contribution in [3.8, 4) is 0 Å². The Morgan fingerprint density at radius 2 is 1.96 bits per heavy atom. The van der Waals surface area contributed by atoms with Gasteiger partial charge in [-0.05, 0) is 53.0 Å². The van der Waals surface area contributed by atoms with Gasteiger partial charge in [-0.1, -0.05) is 0 Å². The van der Waals surface area contributed by atoms with Crippen molar-refractivity contribution in [2.75, 3.05) is 13.1 Å². The van der Waals surface area contributed by atoms with Crippen LogP contribution in [0.4, 0.5) is 0 Å². The third-order valence-electron chi connectivity index (χ3n) is 4.58. The number of likely N-dealkylation sites (N-methyl/N-ethyl adjacent to an activating group) is 1. The van der Waals surface area contributed by atoms with Gasteiger partial charge >= 0.3 is 0 Å². The Kier molecular flexibility index (Phi) is 5.27. The first-order valence-corrected chi connectivity index (χ1v) is 9.99. The van der Waals surface area contributed by atoms with Crippen molar-refractivity contribution in [3.63, 3.8) is 0 Å². The highest BCUT2D eigenvalue weighted by Gasteiger charge is 2.29. The van der Waals surface area contributed by atoms with Crippen molar-refractivity contribution in [2.24, 2.45) is 0 Å². The maximum atomic E-state index is 13.0. The van der Waals surface area contributed by atoms with Gasteiger partial charge in [0.05, 0.1) is 17.1 Å². The second-order valence-corrected chi connectivity index (χ2v) is 8.22. The number of nitrogens with one attached hydrogen (secondary N) is 1. The van der Waals surface area contributed by atoms with E-state index in [0.717, 1.165) is 40.1 Å². The first-order valence-electron chi connectivity index (χ1n) is 9.18. The van der Waals surface area contributed by atoms with Crippen LogP contribution < -0.4 is 5.32 Å². The van der Waals surface area contributed by atoms with E-state index < -0.39 is 0 Å². The van der Waals surface area contributed by atoms with Gasteiger partial charge < -0.3 is 10.2 Å². The maximum absolute atomic E-state index is 13.0. The molecule has 0 aromatic carbocycles. The monoisotopic (exact) mass is 374 g/mol. The second kappa shape index (κ2) is 7.31. The minimum absolute atomic E-state index is 0.0566. The first-order chi connectivity index (χ1) is 12.3. The van der Waals surface area contributed by atoms with Crippen LogP contribution in [0, 0.1) is 13.8 Å². The van der Waals surface area contributed by atoms with E-state index in [1.165, 1.54) is 11.3 Å². The summed E-state index contributed by atoms with van der Waals surface area (Å²) in [6.07, 6.45) is 2.30. The molecule has 1 fully saturated rings. The SMILES string of the molecule is CCN(CC(=O)NC(C)C)C(=O)c1sc2nc(C3CC3)nc(C)c2c1C. The quantitative estimate of drug-likeness (QED) is 0.843. The van der Waals surface area contributed by atoms with Crippen molar-refractivity contribution in [1.82, 2.24) is 20.2 Å². The predicted molar refractivity (Wildman–Crippen MR) is 104 cm³/mol. The van der Waals surface area contributed by atoms with E-state index in [1.807, 2.05) is 34.6 Å². The number of amides is 2. The number of thiophene rings is 1. The number of rotatable bonds is 6.